The minimum Gasteiger partial charge on any atom is -0.337 e. The summed E-state index contributed by atoms with van der Waals surface area (Å²) in [7, 11) is 1.53. The van der Waals surface area contributed by atoms with Crippen molar-refractivity contribution < 1.29 is 4.79 Å². The molecule has 8 heteroatoms. The minimum atomic E-state index is -0.234. The summed E-state index contributed by atoms with van der Waals surface area (Å²) in [6, 6.07) is 4.60. The minimum absolute atomic E-state index is 0.163. The van der Waals surface area contributed by atoms with Crippen molar-refractivity contribution in [3.63, 3.8) is 0 Å². The van der Waals surface area contributed by atoms with E-state index in [1.54, 1.807) is 23.4 Å². The van der Waals surface area contributed by atoms with Crippen LogP contribution in [0.2, 0.25) is 0 Å². The lowest BCUT2D eigenvalue weighted by molar-refractivity contribution is 0.0737. The number of aryl methyl sites for hydroxylation is 1. The van der Waals surface area contributed by atoms with Crippen LogP contribution in [0.4, 0.5) is 5.95 Å². The summed E-state index contributed by atoms with van der Waals surface area (Å²) in [6.07, 6.45) is 3.41. The molecule has 1 fully saturated rings. The van der Waals surface area contributed by atoms with E-state index in [0.717, 1.165) is 0 Å². The predicted octanol–water partition coefficient (Wildman–Crippen LogP) is -0.467. The molecule has 1 aliphatic rings. The van der Waals surface area contributed by atoms with Gasteiger partial charge in [0.05, 0.1) is 0 Å². The summed E-state index contributed by atoms with van der Waals surface area (Å²) >= 11 is 0. The van der Waals surface area contributed by atoms with Crippen molar-refractivity contribution in [2.75, 3.05) is 31.1 Å². The maximum Gasteiger partial charge on any atom is 0.274 e. The van der Waals surface area contributed by atoms with E-state index in [9.17, 15) is 9.59 Å². The molecule has 3 rings (SSSR count). The third-order valence-electron chi connectivity index (χ3n) is 3.58. The number of anilines is 1. The highest BCUT2D eigenvalue weighted by Crippen LogP contribution is 2.11. The van der Waals surface area contributed by atoms with Gasteiger partial charge in [-0.05, 0) is 12.1 Å². The molecule has 0 bridgehead atoms. The lowest BCUT2D eigenvalue weighted by atomic mass is 10.2. The Morgan fingerprint density at radius 2 is 1.77 bits per heavy atom. The molecule has 114 valence electrons. The molecule has 0 spiro atoms. The third kappa shape index (κ3) is 2.80. The van der Waals surface area contributed by atoms with Crippen LogP contribution < -0.4 is 10.5 Å². The van der Waals surface area contributed by atoms with Crippen molar-refractivity contribution >= 4 is 11.9 Å². The van der Waals surface area contributed by atoms with Gasteiger partial charge in [0, 0.05) is 51.7 Å². The first-order valence-corrected chi connectivity index (χ1v) is 7.01. The quantitative estimate of drug-likeness (QED) is 0.746. The van der Waals surface area contributed by atoms with Crippen LogP contribution in [-0.2, 0) is 7.05 Å². The Hall–Kier alpha value is -2.77. The maximum absolute atomic E-state index is 12.4. The Morgan fingerprint density at radius 3 is 2.41 bits per heavy atom. The van der Waals surface area contributed by atoms with Gasteiger partial charge in [-0.1, -0.05) is 0 Å². The summed E-state index contributed by atoms with van der Waals surface area (Å²) in [4.78, 5) is 35.9. The molecular formula is C14H16N6O2. The van der Waals surface area contributed by atoms with E-state index in [4.69, 9.17) is 0 Å². The smallest absolute Gasteiger partial charge is 0.274 e. The highest BCUT2D eigenvalue weighted by atomic mass is 16.2. The summed E-state index contributed by atoms with van der Waals surface area (Å²) in [5, 5.41) is 4.00. The second-order valence-corrected chi connectivity index (χ2v) is 5.01. The molecule has 2 aromatic rings. The fourth-order valence-corrected chi connectivity index (χ4v) is 2.34. The van der Waals surface area contributed by atoms with Crippen molar-refractivity contribution in [2.24, 2.45) is 7.05 Å². The number of piperazine rings is 1. The Bertz CT molecular complexity index is 722. The van der Waals surface area contributed by atoms with Crippen molar-refractivity contribution in [2.45, 2.75) is 0 Å². The molecule has 0 N–H and O–H groups in total. The molecule has 0 atom stereocenters. The first kappa shape index (κ1) is 14.2. The largest absolute Gasteiger partial charge is 0.337 e. The second kappa shape index (κ2) is 5.92. The summed E-state index contributed by atoms with van der Waals surface area (Å²) < 4.78 is 1.17. The van der Waals surface area contributed by atoms with Crippen molar-refractivity contribution in [1.29, 1.82) is 0 Å². The van der Waals surface area contributed by atoms with Gasteiger partial charge in [-0.3, -0.25) is 9.59 Å². The number of nitrogens with zero attached hydrogens (tertiary/aromatic N) is 6. The van der Waals surface area contributed by atoms with E-state index in [-0.39, 0.29) is 17.2 Å². The van der Waals surface area contributed by atoms with Crippen LogP contribution >= 0.6 is 0 Å². The Labute approximate surface area is 127 Å². The summed E-state index contributed by atoms with van der Waals surface area (Å²) in [5.41, 5.74) is 0.0501. The monoisotopic (exact) mass is 300 g/mol. The molecule has 1 saturated heterocycles. The number of amides is 1. The summed E-state index contributed by atoms with van der Waals surface area (Å²) in [6.45, 7) is 2.48. The summed E-state index contributed by atoms with van der Waals surface area (Å²) in [5.74, 6) is 0.513. The highest BCUT2D eigenvalue weighted by molar-refractivity contribution is 5.92. The fourth-order valence-electron chi connectivity index (χ4n) is 2.34. The third-order valence-corrected chi connectivity index (χ3v) is 3.58. The Balaban J connectivity index is 1.67. The van der Waals surface area contributed by atoms with E-state index in [2.05, 4.69) is 15.1 Å². The molecule has 3 heterocycles. The fraction of sp³-hybridized carbons (Fsp3) is 0.357. The first-order valence-electron chi connectivity index (χ1n) is 7.01. The number of rotatable bonds is 2. The van der Waals surface area contributed by atoms with Crippen LogP contribution in [-0.4, -0.2) is 56.7 Å². The molecule has 0 saturated carbocycles. The average molecular weight is 300 g/mol. The van der Waals surface area contributed by atoms with Gasteiger partial charge in [0.15, 0.2) is 0 Å². The number of aromatic nitrogens is 4. The van der Waals surface area contributed by atoms with Crippen LogP contribution in [0.3, 0.4) is 0 Å². The van der Waals surface area contributed by atoms with E-state index >= 15 is 0 Å². The molecule has 8 nitrogen and oxygen atoms in total. The normalized spacial score (nSPS) is 15.0. The van der Waals surface area contributed by atoms with Gasteiger partial charge in [-0.2, -0.15) is 5.10 Å². The zero-order valence-corrected chi connectivity index (χ0v) is 12.2. The standard InChI is InChI=1S/C14H16N6O2/c1-18-12(21)4-3-11(17-18)13(22)19-7-9-20(10-8-19)14-15-5-2-6-16-14/h2-6H,7-10H2,1H3. The second-order valence-electron chi connectivity index (χ2n) is 5.01. The highest BCUT2D eigenvalue weighted by Gasteiger charge is 2.24. The zero-order valence-electron chi connectivity index (χ0n) is 12.2. The average Bonchev–Trinajstić information content (AvgIpc) is 2.58. The van der Waals surface area contributed by atoms with E-state index < -0.39 is 0 Å². The van der Waals surface area contributed by atoms with Gasteiger partial charge in [-0.25, -0.2) is 14.6 Å². The van der Waals surface area contributed by atoms with Crippen molar-refractivity contribution in [3.8, 4) is 0 Å². The van der Waals surface area contributed by atoms with Crippen LogP contribution in [0.15, 0.2) is 35.4 Å². The zero-order chi connectivity index (χ0) is 15.5. The number of carbonyl (C=O) groups excluding carboxylic acids is 1. The van der Waals surface area contributed by atoms with Gasteiger partial charge in [0.25, 0.3) is 11.5 Å². The molecule has 2 aromatic heterocycles. The Morgan fingerprint density at radius 1 is 1.09 bits per heavy atom. The molecule has 0 radical (unpaired) electrons. The van der Waals surface area contributed by atoms with Gasteiger partial charge < -0.3 is 9.80 Å². The lowest BCUT2D eigenvalue weighted by Crippen LogP contribution is -2.49. The SMILES string of the molecule is Cn1nc(C(=O)N2CCN(c3ncccn3)CC2)ccc1=O. The Kier molecular flexibility index (Phi) is 3.82. The molecule has 0 aliphatic carbocycles. The van der Waals surface area contributed by atoms with Crippen LogP contribution in [0.5, 0.6) is 0 Å². The van der Waals surface area contributed by atoms with Gasteiger partial charge in [-0.15, -0.1) is 0 Å². The molecule has 1 amide bonds. The van der Waals surface area contributed by atoms with E-state index in [1.165, 1.54) is 23.9 Å². The number of hydrogen-bond donors (Lipinski definition) is 0. The van der Waals surface area contributed by atoms with Crippen LogP contribution in [0, 0.1) is 0 Å². The predicted molar refractivity (Wildman–Crippen MR) is 79.6 cm³/mol. The van der Waals surface area contributed by atoms with Crippen LogP contribution in [0.1, 0.15) is 10.5 Å². The molecule has 1 aliphatic heterocycles. The lowest BCUT2D eigenvalue weighted by Gasteiger charge is -2.34. The maximum atomic E-state index is 12.4. The van der Waals surface area contributed by atoms with Crippen molar-refractivity contribution in [1.82, 2.24) is 24.6 Å². The topological polar surface area (TPSA) is 84.2 Å². The van der Waals surface area contributed by atoms with Crippen molar-refractivity contribution in [3.05, 3.63) is 46.6 Å². The van der Waals surface area contributed by atoms with Gasteiger partial charge in [0.1, 0.15) is 5.69 Å². The van der Waals surface area contributed by atoms with Gasteiger partial charge in [0.2, 0.25) is 5.95 Å². The van der Waals surface area contributed by atoms with Crippen LogP contribution in [0.25, 0.3) is 0 Å². The van der Waals surface area contributed by atoms with E-state index in [0.29, 0.717) is 32.1 Å². The van der Waals surface area contributed by atoms with E-state index in [1.807, 2.05) is 4.90 Å². The molecule has 22 heavy (non-hydrogen) atoms. The van der Waals surface area contributed by atoms with Gasteiger partial charge >= 0.3 is 0 Å². The molecule has 0 unspecified atom stereocenters. The molecular weight excluding hydrogens is 284 g/mol. The molecule has 0 aromatic carbocycles. The first-order chi connectivity index (χ1) is 10.6. The number of carbonyl (C=O) groups is 1. The number of hydrogen-bond acceptors (Lipinski definition) is 6.